The quantitative estimate of drug-likeness (QED) is 0.572. The van der Waals surface area contributed by atoms with Crippen molar-refractivity contribution in [1.82, 2.24) is 9.55 Å². The first kappa shape index (κ1) is 16.9. The van der Waals surface area contributed by atoms with Gasteiger partial charge in [-0.3, -0.25) is 0 Å². The van der Waals surface area contributed by atoms with Gasteiger partial charge in [0.1, 0.15) is 5.82 Å². The van der Waals surface area contributed by atoms with E-state index >= 15 is 0 Å². The highest BCUT2D eigenvalue weighted by Gasteiger charge is 2.15. The second-order valence-corrected chi connectivity index (χ2v) is 6.87. The van der Waals surface area contributed by atoms with Gasteiger partial charge in [0, 0.05) is 42.1 Å². The van der Waals surface area contributed by atoms with E-state index in [0.29, 0.717) is 6.54 Å². The van der Waals surface area contributed by atoms with Gasteiger partial charge >= 0.3 is 0 Å². The normalized spacial score (nSPS) is 11.3. The molecule has 0 fully saturated rings. The average molecular weight is 366 g/mol. The highest BCUT2D eigenvalue weighted by Crippen LogP contribution is 2.32. The molecule has 2 heterocycles. The van der Waals surface area contributed by atoms with E-state index in [2.05, 4.69) is 29.0 Å². The molecule has 132 valence electrons. The molecule has 4 nitrogen and oxygen atoms in total. The molecule has 0 aliphatic rings. The molecule has 2 aromatic heterocycles. The van der Waals surface area contributed by atoms with E-state index in [1.54, 1.807) is 0 Å². The van der Waals surface area contributed by atoms with Gasteiger partial charge in [-0.2, -0.15) is 0 Å². The first-order chi connectivity index (χ1) is 12.7. The third-order valence-electron chi connectivity index (χ3n) is 4.63. The van der Waals surface area contributed by atoms with E-state index in [-0.39, 0.29) is 6.61 Å². The lowest BCUT2D eigenvalue weighted by Gasteiger charge is -2.19. The number of hydrogen-bond acceptors (Lipinski definition) is 3. The predicted octanol–water partition coefficient (Wildman–Crippen LogP) is 4.32. The fraction of sp³-hybridized carbons (Fsp3) is 0.190. The fourth-order valence-electron chi connectivity index (χ4n) is 3.41. The van der Waals surface area contributed by atoms with E-state index in [1.165, 1.54) is 0 Å². The first-order valence-electron chi connectivity index (χ1n) is 8.61. The summed E-state index contributed by atoms with van der Waals surface area (Å²) in [6, 6.07) is 18.2. The van der Waals surface area contributed by atoms with Crippen LogP contribution in [0.3, 0.4) is 0 Å². The van der Waals surface area contributed by atoms with E-state index in [1.807, 2.05) is 48.3 Å². The van der Waals surface area contributed by atoms with Crippen LogP contribution < -0.4 is 4.90 Å². The number of nitrogens with zero attached hydrogens (tertiary/aromatic N) is 3. The Balaban J connectivity index is 1.92. The summed E-state index contributed by atoms with van der Waals surface area (Å²) < 4.78 is 2.24. The topological polar surface area (TPSA) is 41.3 Å². The Morgan fingerprint density at radius 3 is 2.73 bits per heavy atom. The monoisotopic (exact) mass is 365 g/mol. The maximum atomic E-state index is 9.32. The number of aromatic nitrogens is 2. The van der Waals surface area contributed by atoms with Crippen molar-refractivity contribution in [3.05, 3.63) is 71.4 Å². The summed E-state index contributed by atoms with van der Waals surface area (Å²) >= 11 is 6.15. The molecule has 4 rings (SSSR count). The van der Waals surface area contributed by atoms with E-state index < -0.39 is 0 Å². The smallest absolute Gasteiger partial charge is 0.138 e. The van der Waals surface area contributed by atoms with Crippen LogP contribution in [0, 0.1) is 0 Å². The predicted molar refractivity (Wildman–Crippen MR) is 108 cm³/mol. The highest BCUT2D eigenvalue weighted by molar-refractivity contribution is 6.30. The Bertz CT molecular complexity index is 1070. The van der Waals surface area contributed by atoms with Crippen LogP contribution in [0.5, 0.6) is 0 Å². The van der Waals surface area contributed by atoms with Crippen LogP contribution in [-0.4, -0.2) is 34.9 Å². The third-order valence-corrected chi connectivity index (χ3v) is 4.86. The van der Waals surface area contributed by atoms with Crippen molar-refractivity contribution >= 4 is 39.2 Å². The zero-order valence-electron chi connectivity index (χ0n) is 14.6. The standard InChI is InChI=1S/C21H20ClN3O/c1-24(11-12-26)21-18-9-10-25(14-15-5-4-6-16(22)13-15)20(18)17-7-2-3-8-19(17)23-21/h2-10,13,26H,11-12,14H2,1H3. The summed E-state index contributed by atoms with van der Waals surface area (Å²) in [4.78, 5) is 6.84. The van der Waals surface area contributed by atoms with Gasteiger partial charge in [0.2, 0.25) is 0 Å². The van der Waals surface area contributed by atoms with Crippen LogP contribution in [0.4, 0.5) is 5.82 Å². The minimum absolute atomic E-state index is 0.0930. The maximum Gasteiger partial charge on any atom is 0.138 e. The molecule has 0 unspecified atom stereocenters. The number of hydrogen-bond donors (Lipinski definition) is 1. The maximum absolute atomic E-state index is 9.32. The van der Waals surface area contributed by atoms with Gasteiger partial charge in [-0.15, -0.1) is 0 Å². The van der Waals surface area contributed by atoms with E-state index in [4.69, 9.17) is 16.6 Å². The zero-order valence-corrected chi connectivity index (χ0v) is 15.3. The lowest BCUT2D eigenvalue weighted by molar-refractivity contribution is 0.304. The Morgan fingerprint density at radius 2 is 1.92 bits per heavy atom. The zero-order chi connectivity index (χ0) is 18.1. The van der Waals surface area contributed by atoms with Crippen molar-refractivity contribution in [3.63, 3.8) is 0 Å². The second kappa shape index (κ2) is 6.98. The Kier molecular flexibility index (Phi) is 4.53. The van der Waals surface area contributed by atoms with Gasteiger partial charge in [0.15, 0.2) is 0 Å². The van der Waals surface area contributed by atoms with Crippen LogP contribution in [0.15, 0.2) is 60.8 Å². The molecule has 0 aliphatic carbocycles. The Labute approximate surface area is 157 Å². The molecule has 2 aromatic carbocycles. The molecule has 0 aliphatic heterocycles. The van der Waals surface area contributed by atoms with Crippen LogP contribution in [0.2, 0.25) is 5.02 Å². The van der Waals surface area contributed by atoms with E-state index in [9.17, 15) is 5.11 Å². The van der Waals surface area contributed by atoms with Crippen molar-refractivity contribution in [2.24, 2.45) is 0 Å². The van der Waals surface area contributed by atoms with Gasteiger partial charge in [-0.25, -0.2) is 4.98 Å². The minimum atomic E-state index is 0.0930. The number of rotatable bonds is 5. The van der Waals surface area contributed by atoms with Crippen molar-refractivity contribution in [3.8, 4) is 0 Å². The summed E-state index contributed by atoms with van der Waals surface area (Å²) in [7, 11) is 1.96. The van der Waals surface area contributed by atoms with Gasteiger partial charge in [0.05, 0.1) is 17.6 Å². The second-order valence-electron chi connectivity index (χ2n) is 6.43. The fourth-order valence-corrected chi connectivity index (χ4v) is 3.62. The summed E-state index contributed by atoms with van der Waals surface area (Å²) in [6.07, 6.45) is 2.09. The van der Waals surface area contributed by atoms with Crippen molar-refractivity contribution in [2.45, 2.75) is 6.54 Å². The summed E-state index contributed by atoms with van der Waals surface area (Å²) in [6.45, 7) is 1.37. The van der Waals surface area contributed by atoms with Crippen molar-refractivity contribution < 1.29 is 5.11 Å². The number of likely N-dealkylation sites (N-methyl/N-ethyl adjacent to an activating group) is 1. The molecular formula is C21H20ClN3O. The molecule has 5 heteroatoms. The number of anilines is 1. The molecule has 0 bridgehead atoms. The Morgan fingerprint density at radius 1 is 1.08 bits per heavy atom. The summed E-state index contributed by atoms with van der Waals surface area (Å²) in [5.74, 6) is 0.887. The number of aliphatic hydroxyl groups excluding tert-OH is 1. The van der Waals surface area contributed by atoms with Crippen molar-refractivity contribution in [2.75, 3.05) is 25.1 Å². The van der Waals surface area contributed by atoms with Crippen LogP contribution >= 0.6 is 11.6 Å². The molecular weight excluding hydrogens is 346 g/mol. The largest absolute Gasteiger partial charge is 0.395 e. The van der Waals surface area contributed by atoms with Gasteiger partial charge in [-0.1, -0.05) is 41.9 Å². The number of para-hydroxylation sites is 1. The van der Waals surface area contributed by atoms with Crippen LogP contribution in [0.25, 0.3) is 21.8 Å². The number of fused-ring (bicyclic) bond motifs is 3. The van der Waals surface area contributed by atoms with Gasteiger partial charge < -0.3 is 14.6 Å². The van der Waals surface area contributed by atoms with Crippen molar-refractivity contribution in [1.29, 1.82) is 0 Å². The molecule has 4 aromatic rings. The first-order valence-corrected chi connectivity index (χ1v) is 8.99. The summed E-state index contributed by atoms with van der Waals surface area (Å²) in [5.41, 5.74) is 3.25. The molecule has 0 saturated heterocycles. The lowest BCUT2D eigenvalue weighted by Crippen LogP contribution is -2.22. The van der Waals surface area contributed by atoms with Gasteiger partial charge in [0.25, 0.3) is 0 Å². The summed E-state index contributed by atoms with van der Waals surface area (Å²) in [5, 5.41) is 12.3. The third kappa shape index (κ3) is 3.02. The molecule has 0 radical (unpaired) electrons. The number of benzene rings is 2. The number of halogens is 1. The number of aliphatic hydroxyl groups is 1. The molecule has 26 heavy (non-hydrogen) atoms. The minimum Gasteiger partial charge on any atom is -0.395 e. The van der Waals surface area contributed by atoms with Crippen LogP contribution in [0.1, 0.15) is 5.56 Å². The number of pyridine rings is 1. The molecule has 0 amide bonds. The SMILES string of the molecule is CN(CCO)c1nc2ccccc2c2c1ccn2Cc1cccc(Cl)c1. The van der Waals surface area contributed by atoms with E-state index in [0.717, 1.165) is 44.8 Å². The molecule has 1 N–H and O–H groups in total. The lowest BCUT2D eigenvalue weighted by atomic mass is 10.1. The molecule has 0 spiro atoms. The van der Waals surface area contributed by atoms with Gasteiger partial charge in [-0.05, 0) is 29.8 Å². The Hall–Kier alpha value is -2.56. The molecule has 0 saturated carbocycles. The molecule has 0 atom stereocenters. The average Bonchev–Trinajstić information content (AvgIpc) is 3.05. The highest BCUT2D eigenvalue weighted by atomic mass is 35.5. The van der Waals surface area contributed by atoms with Crippen LogP contribution in [-0.2, 0) is 6.54 Å².